The highest BCUT2D eigenvalue weighted by atomic mass is 16.5. The Bertz CT molecular complexity index is 1180. The Morgan fingerprint density at radius 3 is 2.50 bits per heavy atom. The number of benzene rings is 3. The van der Waals surface area contributed by atoms with Crippen LogP contribution in [0.5, 0.6) is 11.5 Å². The Kier molecular flexibility index (Phi) is 5.57. The van der Waals surface area contributed by atoms with Crippen LogP contribution < -0.4 is 4.74 Å². The van der Waals surface area contributed by atoms with E-state index in [1.54, 1.807) is 0 Å². The summed E-state index contributed by atoms with van der Waals surface area (Å²) >= 11 is 0. The molecule has 0 spiro atoms. The maximum absolute atomic E-state index is 11.6. The van der Waals surface area contributed by atoms with Crippen LogP contribution in [0.15, 0.2) is 72.8 Å². The summed E-state index contributed by atoms with van der Waals surface area (Å²) in [5.41, 5.74) is 4.71. The number of aliphatic carboxylic acids is 1. The monoisotopic (exact) mass is 399 g/mol. The average Bonchev–Trinajstić information content (AvgIpc) is 3.11. The first-order valence-electron chi connectivity index (χ1n) is 10.2. The molecule has 0 saturated heterocycles. The summed E-state index contributed by atoms with van der Waals surface area (Å²) in [5.74, 6) is 1.05. The van der Waals surface area contributed by atoms with Gasteiger partial charge < -0.3 is 14.8 Å². The molecule has 1 aromatic heterocycles. The molecule has 0 amide bonds. The van der Waals surface area contributed by atoms with Crippen molar-refractivity contribution in [3.05, 3.63) is 83.9 Å². The molecule has 4 nitrogen and oxygen atoms in total. The molecular formula is C26H25NO3. The van der Waals surface area contributed by atoms with Crippen molar-refractivity contribution >= 4 is 16.9 Å². The lowest BCUT2D eigenvalue weighted by Crippen LogP contribution is -2.01. The van der Waals surface area contributed by atoms with Crippen molar-refractivity contribution in [2.75, 3.05) is 0 Å². The van der Waals surface area contributed by atoms with E-state index < -0.39 is 5.97 Å². The highest BCUT2D eigenvalue weighted by molar-refractivity contribution is 5.94. The van der Waals surface area contributed by atoms with Gasteiger partial charge in [-0.15, -0.1) is 0 Å². The zero-order valence-corrected chi connectivity index (χ0v) is 17.2. The summed E-state index contributed by atoms with van der Waals surface area (Å²) in [4.78, 5) is 15.1. The van der Waals surface area contributed by atoms with Gasteiger partial charge in [0.05, 0.1) is 12.1 Å². The van der Waals surface area contributed by atoms with Crippen LogP contribution in [0.2, 0.25) is 0 Å². The lowest BCUT2D eigenvalue weighted by Gasteiger charge is -2.09. The van der Waals surface area contributed by atoms with E-state index in [0.717, 1.165) is 39.9 Å². The molecular weight excluding hydrogens is 374 g/mol. The van der Waals surface area contributed by atoms with Gasteiger partial charge in [-0.25, -0.2) is 0 Å². The van der Waals surface area contributed by atoms with E-state index in [-0.39, 0.29) is 6.42 Å². The average molecular weight is 399 g/mol. The molecule has 0 aliphatic rings. The molecule has 2 N–H and O–H groups in total. The Labute approximate surface area is 176 Å². The maximum atomic E-state index is 11.6. The number of hydrogen-bond acceptors (Lipinski definition) is 2. The summed E-state index contributed by atoms with van der Waals surface area (Å²) in [5, 5.41) is 10.5. The molecule has 152 valence electrons. The summed E-state index contributed by atoms with van der Waals surface area (Å²) in [7, 11) is 0. The molecule has 0 radical (unpaired) electrons. The fourth-order valence-electron chi connectivity index (χ4n) is 3.73. The van der Waals surface area contributed by atoms with E-state index >= 15 is 0 Å². The minimum Gasteiger partial charge on any atom is -0.481 e. The van der Waals surface area contributed by atoms with Crippen molar-refractivity contribution in [1.82, 2.24) is 4.98 Å². The molecule has 1 unspecified atom stereocenters. The largest absolute Gasteiger partial charge is 0.481 e. The van der Waals surface area contributed by atoms with Crippen molar-refractivity contribution in [2.45, 2.75) is 32.6 Å². The molecule has 4 aromatic rings. The second-order valence-electron chi connectivity index (χ2n) is 7.61. The van der Waals surface area contributed by atoms with Gasteiger partial charge in [0, 0.05) is 16.5 Å². The number of hydrogen-bond donors (Lipinski definition) is 2. The fraction of sp³-hybridized carbons (Fsp3) is 0.192. The maximum Gasteiger partial charge on any atom is 0.307 e. The highest BCUT2D eigenvalue weighted by Crippen LogP contribution is 2.35. The number of carbonyl (C=O) groups is 1. The van der Waals surface area contributed by atoms with E-state index in [9.17, 15) is 9.90 Å². The fourth-order valence-corrected chi connectivity index (χ4v) is 3.73. The summed E-state index contributed by atoms with van der Waals surface area (Å²) < 4.78 is 5.97. The normalized spacial score (nSPS) is 12.1. The number of fused-ring (bicyclic) bond motifs is 1. The van der Waals surface area contributed by atoms with E-state index in [4.69, 9.17) is 4.74 Å². The Morgan fingerprint density at radius 2 is 1.77 bits per heavy atom. The Morgan fingerprint density at radius 1 is 1.00 bits per heavy atom. The number of aromatic amines is 1. The van der Waals surface area contributed by atoms with E-state index in [1.807, 2.05) is 54.6 Å². The molecule has 0 fully saturated rings. The van der Waals surface area contributed by atoms with Crippen LogP contribution in [-0.4, -0.2) is 16.1 Å². The first-order valence-corrected chi connectivity index (χ1v) is 10.2. The van der Waals surface area contributed by atoms with Crippen LogP contribution in [0.1, 0.15) is 37.3 Å². The van der Waals surface area contributed by atoms with Crippen LogP contribution in [0.25, 0.3) is 22.2 Å². The zero-order chi connectivity index (χ0) is 21.1. The van der Waals surface area contributed by atoms with Gasteiger partial charge in [0.15, 0.2) is 0 Å². The summed E-state index contributed by atoms with van der Waals surface area (Å²) in [6.07, 6.45) is 0.999. The number of aromatic nitrogens is 1. The molecule has 0 aliphatic heterocycles. The number of ether oxygens (including phenoxy) is 1. The standard InChI is InChI=1S/C26H25NO3/c1-3-17(2)18-12-13-24-22(15-18)23(16-25(28)29)26(27-24)19-8-7-11-21(14-19)30-20-9-5-4-6-10-20/h4-15,17,27H,3,16H2,1-2H3,(H,28,29). The second-order valence-corrected chi connectivity index (χ2v) is 7.61. The number of rotatable bonds is 7. The molecule has 30 heavy (non-hydrogen) atoms. The molecule has 1 heterocycles. The third-order valence-corrected chi connectivity index (χ3v) is 5.54. The van der Waals surface area contributed by atoms with Gasteiger partial charge in [-0.05, 0) is 59.9 Å². The minimum atomic E-state index is -0.845. The number of H-pyrrole nitrogens is 1. The van der Waals surface area contributed by atoms with Crippen molar-refractivity contribution in [2.24, 2.45) is 0 Å². The smallest absolute Gasteiger partial charge is 0.307 e. The first-order chi connectivity index (χ1) is 14.5. The minimum absolute atomic E-state index is 0.0386. The van der Waals surface area contributed by atoms with Crippen molar-refractivity contribution in [3.8, 4) is 22.8 Å². The third kappa shape index (κ3) is 4.08. The number of carboxylic acid groups (broad SMARTS) is 1. The lowest BCUT2D eigenvalue weighted by atomic mass is 9.95. The van der Waals surface area contributed by atoms with Crippen LogP contribution >= 0.6 is 0 Å². The summed E-state index contributed by atoms with van der Waals surface area (Å²) in [6, 6.07) is 23.7. The Balaban J connectivity index is 1.79. The molecule has 3 aromatic carbocycles. The molecule has 0 bridgehead atoms. The third-order valence-electron chi connectivity index (χ3n) is 5.54. The van der Waals surface area contributed by atoms with Crippen LogP contribution in [0.3, 0.4) is 0 Å². The lowest BCUT2D eigenvalue weighted by molar-refractivity contribution is -0.136. The quantitative estimate of drug-likeness (QED) is 0.360. The highest BCUT2D eigenvalue weighted by Gasteiger charge is 2.17. The van der Waals surface area contributed by atoms with Gasteiger partial charge >= 0.3 is 5.97 Å². The van der Waals surface area contributed by atoms with Gasteiger partial charge in [0.1, 0.15) is 11.5 Å². The van der Waals surface area contributed by atoms with Crippen molar-refractivity contribution < 1.29 is 14.6 Å². The predicted octanol–water partition coefficient (Wildman–Crippen LogP) is 6.77. The van der Waals surface area contributed by atoms with Crippen LogP contribution in [0, 0.1) is 0 Å². The first kappa shape index (κ1) is 19.8. The summed E-state index contributed by atoms with van der Waals surface area (Å²) in [6.45, 7) is 4.35. The van der Waals surface area contributed by atoms with Crippen LogP contribution in [-0.2, 0) is 11.2 Å². The van der Waals surface area contributed by atoms with E-state index in [0.29, 0.717) is 11.7 Å². The van der Waals surface area contributed by atoms with Gasteiger partial charge in [-0.1, -0.05) is 50.2 Å². The predicted molar refractivity (Wildman–Crippen MR) is 120 cm³/mol. The van der Waals surface area contributed by atoms with Gasteiger partial charge in [-0.3, -0.25) is 4.79 Å². The van der Waals surface area contributed by atoms with Crippen molar-refractivity contribution in [3.63, 3.8) is 0 Å². The van der Waals surface area contributed by atoms with E-state index in [1.165, 1.54) is 5.56 Å². The van der Waals surface area contributed by atoms with Crippen molar-refractivity contribution in [1.29, 1.82) is 0 Å². The zero-order valence-electron chi connectivity index (χ0n) is 17.2. The number of nitrogens with one attached hydrogen (secondary N) is 1. The van der Waals surface area contributed by atoms with Crippen LogP contribution in [0.4, 0.5) is 0 Å². The SMILES string of the molecule is CCC(C)c1ccc2[nH]c(-c3cccc(Oc4ccccc4)c3)c(CC(=O)O)c2c1. The molecule has 4 heteroatoms. The van der Waals surface area contributed by atoms with E-state index in [2.05, 4.69) is 37.0 Å². The molecule has 0 saturated carbocycles. The number of carboxylic acids is 1. The van der Waals surface area contributed by atoms with Gasteiger partial charge in [0.25, 0.3) is 0 Å². The second kappa shape index (κ2) is 8.46. The topological polar surface area (TPSA) is 62.3 Å². The Hall–Kier alpha value is -3.53. The van der Waals surface area contributed by atoms with Gasteiger partial charge in [-0.2, -0.15) is 0 Å². The number of para-hydroxylation sites is 1. The molecule has 4 rings (SSSR count). The van der Waals surface area contributed by atoms with Gasteiger partial charge in [0.2, 0.25) is 0 Å². The molecule has 1 atom stereocenters. The molecule has 0 aliphatic carbocycles.